The van der Waals surface area contributed by atoms with Crippen LogP contribution in [-0.4, -0.2) is 22.8 Å². The summed E-state index contributed by atoms with van der Waals surface area (Å²) in [6.45, 7) is 3.33. The minimum Gasteiger partial charge on any atom is -0.369 e. The van der Waals surface area contributed by atoms with E-state index in [0.717, 1.165) is 0 Å². The van der Waals surface area contributed by atoms with Crippen LogP contribution < -0.4 is 0 Å². The maximum atomic E-state index is 11.8. The predicted molar refractivity (Wildman–Crippen MR) is 53.3 cm³/mol. The number of halogens is 3. The Balaban J connectivity index is 2.53. The average molecular weight is 239 g/mol. The second kappa shape index (κ2) is 5.42. The molecular weight excluding hydrogens is 226 g/mol. The number of aromatic nitrogens is 2. The minimum atomic E-state index is -2.46. The highest BCUT2D eigenvalue weighted by Gasteiger charge is 2.10. The van der Waals surface area contributed by atoms with Gasteiger partial charge in [-0.1, -0.05) is 11.6 Å². The van der Waals surface area contributed by atoms with Crippen LogP contribution >= 0.6 is 11.6 Å². The van der Waals surface area contributed by atoms with Gasteiger partial charge in [-0.3, -0.25) is 4.68 Å². The van der Waals surface area contributed by atoms with Gasteiger partial charge in [0.2, 0.25) is 0 Å². The summed E-state index contributed by atoms with van der Waals surface area (Å²) >= 11 is 5.85. The number of ether oxygens (including phenoxy) is 1. The van der Waals surface area contributed by atoms with Crippen LogP contribution in [0.1, 0.15) is 25.6 Å². The zero-order chi connectivity index (χ0) is 11.4. The van der Waals surface area contributed by atoms with Crippen molar-refractivity contribution in [3.63, 3.8) is 0 Å². The van der Waals surface area contributed by atoms with Gasteiger partial charge in [-0.25, -0.2) is 8.78 Å². The van der Waals surface area contributed by atoms with Crippen molar-refractivity contribution in [2.24, 2.45) is 0 Å². The molecule has 0 N–H and O–H groups in total. The van der Waals surface area contributed by atoms with Crippen LogP contribution in [0.5, 0.6) is 0 Å². The van der Waals surface area contributed by atoms with Gasteiger partial charge in [0.1, 0.15) is 12.3 Å². The number of nitrogens with zero attached hydrogens (tertiary/aromatic N) is 2. The monoisotopic (exact) mass is 238 g/mol. The maximum Gasteiger partial charge on any atom is 0.261 e. The molecule has 0 amide bonds. The molecule has 15 heavy (non-hydrogen) atoms. The summed E-state index contributed by atoms with van der Waals surface area (Å²) in [6, 6.07) is 0.186. The third kappa shape index (κ3) is 3.76. The lowest BCUT2D eigenvalue weighted by atomic mass is 10.4. The highest BCUT2D eigenvalue weighted by Crippen LogP contribution is 2.17. The first-order valence-electron chi connectivity index (χ1n) is 4.60. The average Bonchev–Trinajstić information content (AvgIpc) is 2.47. The molecule has 0 unspecified atom stereocenters. The van der Waals surface area contributed by atoms with E-state index in [1.165, 1.54) is 0 Å². The Hall–Kier alpha value is -0.680. The van der Waals surface area contributed by atoms with Crippen LogP contribution in [0.3, 0.4) is 0 Å². The molecule has 0 aromatic carbocycles. The topological polar surface area (TPSA) is 27.1 Å². The zero-order valence-corrected chi connectivity index (χ0v) is 9.34. The molecule has 3 nitrogen and oxygen atoms in total. The van der Waals surface area contributed by atoms with E-state index in [2.05, 4.69) is 5.10 Å². The van der Waals surface area contributed by atoms with Crippen molar-refractivity contribution in [1.29, 1.82) is 0 Å². The summed E-state index contributed by atoms with van der Waals surface area (Å²) < 4.78 is 30.0. The smallest absolute Gasteiger partial charge is 0.261 e. The van der Waals surface area contributed by atoms with Gasteiger partial charge < -0.3 is 4.74 Å². The molecule has 1 heterocycles. The number of rotatable bonds is 5. The lowest BCUT2D eigenvalue weighted by Crippen LogP contribution is -2.06. The molecular formula is C9H13ClF2N2O. The number of hydrogen-bond acceptors (Lipinski definition) is 2. The number of alkyl halides is 2. The molecule has 0 aliphatic carbocycles. The highest BCUT2D eigenvalue weighted by molar-refractivity contribution is 6.31. The maximum absolute atomic E-state index is 11.8. The quantitative estimate of drug-likeness (QED) is 0.789. The second-order valence-corrected chi connectivity index (χ2v) is 3.81. The van der Waals surface area contributed by atoms with Gasteiger partial charge in [0, 0.05) is 12.2 Å². The van der Waals surface area contributed by atoms with E-state index in [4.69, 9.17) is 16.3 Å². The van der Waals surface area contributed by atoms with Gasteiger partial charge in [0.05, 0.1) is 11.6 Å². The van der Waals surface area contributed by atoms with Gasteiger partial charge in [-0.2, -0.15) is 5.10 Å². The molecule has 0 radical (unpaired) electrons. The summed E-state index contributed by atoms with van der Waals surface area (Å²) in [5.74, 6) is 0. The van der Waals surface area contributed by atoms with Crippen molar-refractivity contribution in [3.8, 4) is 0 Å². The summed E-state index contributed by atoms with van der Waals surface area (Å²) in [5.41, 5.74) is 0.492. The van der Waals surface area contributed by atoms with Gasteiger partial charge in [-0.15, -0.1) is 0 Å². The van der Waals surface area contributed by atoms with E-state index >= 15 is 0 Å². The molecule has 0 bridgehead atoms. The Labute approximate surface area is 92.0 Å². The van der Waals surface area contributed by atoms with Crippen molar-refractivity contribution >= 4 is 11.6 Å². The molecule has 0 aliphatic heterocycles. The van der Waals surface area contributed by atoms with Crippen LogP contribution in [0.25, 0.3) is 0 Å². The first-order valence-corrected chi connectivity index (χ1v) is 4.98. The molecule has 1 rings (SSSR count). The fraction of sp³-hybridized carbons (Fsp3) is 0.667. The van der Waals surface area contributed by atoms with E-state index in [0.29, 0.717) is 10.7 Å². The van der Waals surface area contributed by atoms with Crippen molar-refractivity contribution in [2.45, 2.75) is 32.9 Å². The van der Waals surface area contributed by atoms with Crippen molar-refractivity contribution in [2.75, 3.05) is 6.61 Å². The molecule has 0 saturated carbocycles. The standard InChI is InChI=1S/C9H13ClF2N2O/c1-6(2)14-3-7(10)8(13-14)4-15-5-9(11)12/h3,6,9H,4-5H2,1-2H3. The van der Waals surface area contributed by atoms with Crippen molar-refractivity contribution in [3.05, 3.63) is 16.9 Å². The highest BCUT2D eigenvalue weighted by atomic mass is 35.5. The fourth-order valence-corrected chi connectivity index (χ4v) is 1.21. The van der Waals surface area contributed by atoms with Gasteiger partial charge in [-0.05, 0) is 13.8 Å². The summed E-state index contributed by atoms with van der Waals surface area (Å²) in [5, 5.41) is 4.56. The van der Waals surface area contributed by atoms with Crippen LogP contribution in [-0.2, 0) is 11.3 Å². The fourth-order valence-electron chi connectivity index (χ4n) is 1.01. The lowest BCUT2D eigenvalue weighted by Gasteiger charge is -2.03. The Bertz CT molecular complexity index is 315. The summed E-state index contributed by atoms with van der Waals surface area (Å²) in [4.78, 5) is 0. The third-order valence-electron chi connectivity index (χ3n) is 1.77. The first kappa shape index (κ1) is 12.4. The van der Waals surface area contributed by atoms with Crippen LogP contribution in [0.2, 0.25) is 5.02 Å². The predicted octanol–water partition coefficient (Wildman–Crippen LogP) is 2.90. The Kier molecular flexibility index (Phi) is 4.47. The van der Waals surface area contributed by atoms with Crippen molar-refractivity contribution < 1.29 is 13.5 Å². The molecule has 0 saturated heterocycles. The van der Waals surface area contributed by atoms with E-state index in [-0.39, 0.29) is 12.6 Å². The molecule has 0 fully saturated rings. The molecule has 0 spiro atoms. The number of hydrogen-bond donors (Lipinski definition) is 0. The molecule has 6 heteroatoms. The first-order chi connectivity index (χ1) is 7.00. The summed E-state index contributed by atoms with van der Waals surface area (Å²) in [6.07, 6.45) is -0.802. The SMILES string of the molecule is CC(C)n1cc(Cl)c(COCC(F)F)n1. The van der Waals surface area contributed by atoms with Gasteiger partial charge >= 0.3 is 0 Å². The Morgan fingerprint density at radius 2 is 2.20 bits per heavy atom. The normalized spacial score (nSPS) is 11.7. The third-order valence-corrected chi connectivity index (χ3v) is 2.08. The molecule has 1 aromatic rings. The van der Waals surface area contributed by atoms with Crippen molar-refractivity contribution in [1.82, 2.24) is 9.78 Å². The minimum absolute atomic E-state index is 0.0168. The van der Waals surface area contributed by atoms with Gasteiger partial charge in [0.15, 0.2) is 0 Å². The Morgan fingerprint density at radius 1 is 1.53 bits per heavy atom. The molecule has 86 valence electrons. The zero-order valence-electron chi connectivity index (χ0n) is 8.58. The van der Waals surface area contributed by atoms with E-state index < -0.39 is 13.0 Å². The molecule has 0 aliphatic rings. The van der Waals surface area contributed by atoms with Crippen LogP contribution in [0.4, 0.5) is 8.78 Å². The van der Waals surface area contributed by atoms with E-state index in [9.17, 15) is 8.78 Å². The van der Waals surface area contributed by atoms with Gasteiger partial charge in [0.25, 0.3) is 6.43 Å². The molecule has 0 atom stereocenters. The largest absolute Gasteiger partial charge is 0.369 e. The van der Waals surface area contributed by atoms with Crippen LogP contribution in [0, 0.1) is 0 Å². The summed E-state index contributed by atoms with van der Waals surface area (Å²) in [7, 11) is 0. The Morgan fingerprint density at radius 3 is 2.67 bits per heavy atom. The molecule has 1 aromatic heterocycles. The van der Waals surface area contributed by atoms with Crippen LogP contribution in [0.15, 0.2) is 6.20 Å². The second-order valence-electron chi connectivity index (χ2n) is 3.40. The lowest BCUT2D eigenvalue weighted by molar-refractivity contribution is 0.00867. The van der Waals surface area contributed by atoms with E-state index in [1.54, 1.807) is 10.9 Å². The van der Waals surface area contributed by atoms with E-state index in [1.807, 2.05) is 13.8 Å².